The van der Waals surface area contributed by atoms with Gasteiger partial charge in [-0.15, -0.1) is 0 Å². The first-order chi connectivity index (χ1) is 13.1. The summed E-state index contributed by atoms with van der Waals surface area (Å²) in [4.78, 5) is 24.5. The van der Waals surface area contributed by atoms with Crippen molar-refractivity contribution in [1.82, 2.24) is 15.1 Å². The summed E-state index contributed by atoms with van der Waals surface area (Å²) in [5, 5.41) is 9.84. The highest BCUT2D eigenvalue weighted by atomic mass is 16.2. The number of aromatic nitrogens is 2. The summed E-state index contributed by atoms with van der Waals surface area (Å²) in [6.45, 7) is 0.523. The number of aryl methyl sites for hydroxylation is 1. The molecule has 1 heterocycles. The number of hydrogen-bond donors (Lipinski definition) is 2. The molecule has 6 heteroatoms. The number of carbonyl (C=O) groups is 2. The zero-order valence-electron chi connectivity index (χ0n) is 15.2. The molecule has 0 atom stereocenters. The molecule has 0 bridgehead atoms. The van der Waals surface area contributed by atoms with Crippen LogP contribution < -0.4 is 10.6 Å². The van der Waals surface area contributed by atoms with Crippen LogP contribution in [0.1, 0.15) is 21.6 Å². The van der Waals surface area contributed by atoms with Gasteiger partial charge < -0.3 is 10.6 Å². The van der Waals surface area contributed by atoms with E-state index >= 15 is 0 Å². The van der Waals surface area contributed by atoms with Crippen LogP contribution in [0.5, 0.6) is 0 Å². The first-order valence-corrected chi connectivity index (χ1v) is 8.82. The van der Waals surface area contributed by atoms with Gasteiger partial charge in [-0.1, -0.05) is 60.7 Å². The van der Waals surface area contributed by atoms with Crippen LogP contribution in [0.4, 0.5) is 5.82 Å². The summed E-state index contributed by atoms with van der Waals surface area (Å²) >= 11 is 0. The van der Waals surface area contributed by atoms with Gasteiger partial charge in [0.15, 0.2) is 5.69 Å². The molecule has 3 aromatic rings. The third-order valence-electron chi connectivity index (χ3n) is 4.13. The van der Waals surface area contributed by atoms with Crippen LogP contribution in [0.25, 0.3) is 0 Å². The average molecular weight is 362 g/mol. The molecule has 0 unspecified atom stereocenters. The van der Waals surface area contributed by atoms with Gasteiger partial charge in [-0.25, -0.2) is 0 Å². The van der Waals surface area contributed by atoms with Gasteiger partial charge in [-0.3, -0.25) is 14.3 Å². The van der Waals surface area contributed by atoms with Gasteiger partial charge in [0.2, 0.25) is 5.91 Å². The van der Waals surface area contributed by atoms with Crippen molar-refractivity contribution in [2.45, 2.75) is 12.8 Å². The van der Waals surface area contributed by atoms with E-state index in [4.69, 9.17) is 0 Å². The summed E-state index contributed by atoms with van der Waals surface area (Å²) in [6.07, 6.45) is 1.02. The van der Waals surface area contributed by atoms with Crippen LogP contribution in [0.15, 0.2) is 66.7 Å². The second-order valence-electron chi connectivity index (χ2n) is 6.24. The Labute approximate surface area is 158 Å². The monoisotopic (exact) mass is 362 g/mol. The molecule has 0 aliphatic carbocycles. The molecule has 0 aliphatic rings. The van der Waals surface area contributed by atoms with Gasteiger partial charge in [-0.2, -0.15) is 5.10 Å². The Bertz CT molecular complexity index is 904. The molecule has 0 saturated heterocycles. The molecule has 138 valence electrons. The van der Waals surface area contributed by atoms with Crippen LogP contribution in [-0.4, -0.2) is 28.1 Å². The average Bonchev–Trinajstić information content (AvgIpc) is 3.04. The fraction of sp³-hybridized carbons (Fsp3) is 0.190. The highest BCUT2D eigenvalue weighted by Crippen LogP contribution is 2.10. The predicted octanol–water partition coefficient (Wildman–Crippen LogP) is 2.57. The van der Waals surface area contributed by atoms with E-state index in [1.165, 1.54) is 4.68 Å². The second kappa shape index (κ2) is 8.80. The van der Waals surface area contributed by atoms with Gasteiger partial charge in [0.25, 0.3) is 5.91 Å². The quantitative estimate of drug-likeness (QED) is 0.678. The Morgan fingerprint density at radius 2 is 1.59 bits per heavy atom. The fourth-order valence-corrected chi connectivity index (χ4v) is 2.72. The smallest absolute Gasteiger partial charge is 0.271 e. The van der Waals surface area contributed by atoms with Crippen LogP contribution in [0, 0.1) is 0 Å². The lowest BCUT2D eigenvalue weighted by Gasteiger charge is -2.04. The highest BCUT2D eigenvalue weighted by molar-refractivity contribution is 5.95. The van der Waals surface area contributed by atoms with E-state index in [1.807, 2.05) is 60.7 Å². The van der Waals surface area contributed by atoms with E-state index in [9.17, 15) is 9.59 Å². The minimum atomic E-state index is -0.259. The van der Waals surface area contributed by atoms with Crippen molar-refractivity contribution in [2.24, 2.45) is 7.05 Å². The summed E-state index contributed by atoms with van der Waals surface area (Å²) in [7, 11) is 1.69. The lowest BCUT2D eigenvalue weighted by Crippen LogP contribution is -2.26. The highest BCUT2D eigenvalue weighted by Gasteiger charge is 2.14. The molecule has 27 heavy (non-hydrogen) atoms. The molecule has 2 aromatic carbocycles. The zero-order chi connectivity index (χ0) is 19.1. The molecular weight excluding hydrogens is 340 g/mol. The van der Waals surface area contributed by atoms with E-state index in [-0.39, 0.29) is 23.9 Å². The predicted molar refractivity (Wildman–Crippen MR) is 104 cm³/mol. The normalized spacial score (nSPS) is 10.4. The molecule has 3 rings (SSSR count). The maximum Gasteiger partial charge on any atom is 0.271 e. The minimum absolute atomic E-state index is 0.153. The Balaban J connectivity index is 1.53. The van der Waals surface area contributed by atoms with E-state index in [2.05, 4.69) is 15.7 Å². The first kappa shape index (κ1) is 18.4. The molecule has 2 amide bonds. The van der Waals surface area contributed by atoms with E-state index in [0.29, 0.717) is 12.4 Å². The number of carbonyl (C=O) groups excluding carboxylic acids is 2. The minimum Gasteiger partial charge on any atom is -0.350 e. The maximum atomic E-state index is 12.3. The van der Waals surface area contributed by atoms with Crippen LogP contribution in [0.3, 0.4) is 0 Å². The molecule has 0 saturated carbocycles. The van der Waals surface area contributed by atoms with Gasteiger partial charge in [0.1, 0.15) is 5.82 Å². The van der Waals surface area contributed by atoms with Gasteiger partial charge >= 0.3 is 0 Å². The molecule has 0 radical (unpaired) electrons. The number of hydrogen-bond acceptors (Lipinski definition) is 3. The van der Waals surface area contributed by atoms with Crippen molar-refractivity contribution in [3.8, 4) is 0 Å². The van der Waals surface area contributed by atoms with Crippen molar-refractivity contribution in [3.63, 3.8) is 0 Å². The van der Waals surface area contributed by atoms with E-state index in [1.54, 1.807) is 13.1 Å². The third kappa shape index (κ3) is 5.28. The van der Waals surface area contributed by atoms with Crippen molar-refractivity contribution in [3.05, 3.63) is 83.6 Å². The van der Waals surface area contributed by atoms with E-state index < -0.39 is 0 Å². The van der Waals surface area contributed by atoms with Crippen LogP contribution >= 0.6 is 0 Å². The van der Waals surface area contributed by atoms with Crippen molar-refractivity contribution in [2.75, 3.05) is 11.9 Å². The number of amides is 2. The Morgan fingerprint density at radius 1 is 0.963 bits per heavy atom. The summed E-state index contributed by atoms with van der Waals surface area (Å²) in [5.74, 6) is 0.0782. The van der Waals surface area contributed by atoms with Crippen molar-refractivity contribution in [1.29, 1.82) is 0 Å². The topological polar surface area (TPSA) is 76.0 Å². The zero-order valence-corrected chi connectivity index (χ0v) is 15.2. The van der Waals surface area contributed by atoms with Crippen LogP contribution in [-0.2, 0) is 24.7 Å². The second-order valence-corrected chi connectivity index (χ2v) is 6.24. The van der Waals surface area contributed by atoms with Crippen LogP contribution in [0.2, 0.25) is 0 Å². The lowest BCUT2D eigenvalue weighted by molar-refractivity contribution is -0.115. The lowest BCUT2D eigenvalue weighted by atomic mass is 10.1. The number of benzene rings is 2. The van der Waals surface area contributed by atoms with Gasteiger partial charge in [-0.05, 0) is 17.5 Å². The molecule has 0 spiro atoms. The molecule has 0 fully saturated rings. The van der Waals surface area contributed by atoms with Gasteiger partial charge in [0, 0.05) is 19.7 Å². The SMILES string of the molecule is Cn1nc(C(=O)NCCc2ccccc2)cc1NC(=O)Cc1ccccc1. The molecular formula is C21H22N4O2. The number of nitrogens with one attached hydrogen (secondary N) is 2. The van der Waals surface area contributed by atoms with E-state index in [0.717, 1.165) is 17.5 Å². The largest absolute Gasteiger partial charge is 0.350 e. The molecule has 2 N–H and O–H groups in total. The Morgan fingerprint density at radius 3 is 2.26 bits per heavy atom. The molecule has 6 nitrogen and oxygen atoms in total. The first-order valence-electron chi connectivity index (χ1n) is 8.82. The van der Waals surface area contributed by atoms with Crippen molar-refractivity contribution < 1.29 is 9.59 Å². The van der Waals surface area contributed by atoms with Gasteiger partial charge in [0.05, 0.1) is 6.42 Å². The standard InChI is InChI=1S/C21H22N4O2/c1-25-19(23-20(26)14-17-10-6-3-7-11-17)15-18(24-25)21(27)22-13-12-16-8-4-2-5-9-16/h2-11,15H,12-14H2,1H3,(H,22,27)(H,23,26). The summed E-state index contributed by atoms with van der Waals surface area (Å²) in [5.41, 5.74) is 2.37. The number of anilines is 1. The molecule has 0 aliphatic heterocycles. The number of nitrogens with zero attached hydrogens (tertiary/aromatic N) is 2. The summed E-state index contributed by atoms with van der Waals surface area (Å²) < 4.78 is 1.50. The fourth-order valence-electron chi connectivity index (χ4n) is 2.72. The molecule has 1 aromatic heterocycles. The Hall–Kier alpha value is -3.41. The van der Waals surface area contributed by atoms with Crippen molar-refractivity contribution >= 4 is 17.6 Å². The summed E-state index contributed by atoms with van der Waals surface area (Å²) in [6, 6.07) is 21.0. The number of rotatable bonds is 7. The Kier molecular flexibility index (Phi) is 5.99. The third-order valence-corrected chi connectivity index (χ3v) is 4.13. The maximum absolute atomic E-state index is 12.3.